The van der Waals surface area contributed by atoms with Crippen molar-refractivity contribution in [2.45, 2.75) is 6.18 Å². The second-order valence-electron chi connectivity index (χ2n) is 5.78. The maximum atomic E-state index is 12.9. The van der Waals surface area contributed by atoms with Crippen LogP contribution in [0.2, 0.25) is 5.02 Å². The molecule has 0 aliphatic carbocycles. The summed E-state index contributed by atoms with van der Waals surface area (Å²) in [5, 5.41) is 2.10. The molecule has 2 amide bonds. The number of hydrogen-bond donors (Lipinski definition) is 1. The standard InChI is InChI=1S/C17H16ClF3N4O/c18-14-5-4-12(11-13(14)17(19,20)21)23-16(26)25-9-7-24(8-10-25)15-3-1-2-6-22-15/h1-6,11H,7-10H2,(H,23,26). The lowest BCUT2D eigenvalue weighted by atomic mass is 10.2. The van der Waals surface area contributed by atoms with E-state index < -0.39 is 22.8 Å². The lowest BCUT2D eigenvalue weighted by molar-refractivity contribution is -0.137. The first-order valence-corrected chi connectivity index (χ1v) is 8.31. The van der Waals surface area contributed by atoms with Gasteiger partial charge >= 0.3 is 12.2 Å². The summed E-state index contributed by atoms with van der Waals surface area (Å²) in [5.74, 6) is 0.833. The lowest BCUT2D eigenvalue weighted by Crippen LogP contribution is -2.50. The Hall–Kier alpha value is -2.48. The molecule has 3 rings (SSSR count). The van der Waals surface area contributed by atoms with E-state index in [1.807, 2.05) is 23.1 Å². The van der Waals surface area contributed by atoms with Gasteiger partial charge in [0, 0.05) is 38.1 Å². The monoisotopic (exact) mass is 384 g/mol. The van der Waals surface area contributed by atoms with Crippen molar-refractivity contribution in [3.05, 3.63) is 53.2 Å². The van der Waals surface area contributed by atoms with Gasteiger partial charge in [-0.05, 0) is 30.3 Å². The van der Waals surface area contributed by atoms with E-state index >= 15 is 0 Å². The highest BCUT2D eigenvalue weighted by molar-refractivity contribution is 6.31. The van der Waals surface area contributed by atoms with Crippen LogP contribution in [0.3, 0.4) is 0 Å². The summed E-state index contributed by atoms with van der Waals surface area (Å²) in [4.78, 5) is 20.2. The summed E-state index contributed by atoms with van der Waals surface area (Å²) in [7, 11) is 0. The van der Waals surface area contributed by atoms with Gasteiger partial charge in [-0.15, -0.1) is 0 Å². The number of rotatable bonds is 2. The minimum atomic E-state index is -4.58. The van der Waals surface area contributed by atoms with Crippen molar-refractivity contribution >= 4 is 29.1 Å². The van der Waals surface area contributed by atoms with Gasteiger partial charge in [0.15, 0.2) is 0 Å². The van der Waals surface area contributed by atoms with E-state index in [0.717, 1.165) is 18.0 Å². The van der Waals surface area contributed by atoms with Crippen LogP contribution in [0.1, 0.15) is 5.56 Å². The number of hydrogen-bond acceptors (Lipinski definition) is 3. The number of amides is 2. The highest BCUT2D eigenvalue weighted by Crippen LogP contribution is 2.36. The van der Waals surface area contributed by atoms with Gasteiger partial charge in [0.05, 0.1) is 10.6 Å². The zero-order chi connectivity index (χ0) is 18.7. The Morgan fingerprint density at radius 3 is 2.46 bits per heavy atom. The number of benzene rings is 1. The second-order valence-corrected chi connectivity index (χ2v) is 6.19. The molecule has 1 N–H and O–H groups in total. The number of aromatic nitrogens is 1. The van der Waals surface area contributed by atoms with Crippen molar-refractivity contribution < 1.29 is 18.0 Å². The Bertz CT molecular complexity index is 777. The molecule has 1 aromatic carbocycles. The number of nitrogens with zero attached hydrogens (tertiary/aromatic N) is 3. The fourth-order valence-corrected chi connectivity index (χ4v) is 2.93. The van der Waals surface area contributed by atoms with Crippen molar-refractivity contribution in [1.82, 2.24) is 9.88 Å². The van der Waals surface area contributed by atoms with Crippen molar-refractivity contribution in [2.75, 3.05) is 36.4 Å². The largest absolute Gasteiger partial charge is 0.417 e. The van der Waals surface area contributed by atoms with Crippen LogP contribution in [0, 0.1) is 0 Å². The Balaban J connectivity index is 1.61. The molecule has 9 heteroatoms. The maximum absolute atomic E-state index is 12.9. The minimum absolute atomic E-state index is 0.0545. The van der Waals surface area contributed by atoms with Gasteiger partial charge in [0.25, 0.3) is 0 Å². The summed E-state index contributed by atoms with van der Waals surface area (Å²) >= 11 is 5.59. The van der Waals surface area contributed by atoms with Crippen LogP contribution in [0.4, 0.5) is 29.5 Å². The molecule has 0 saturated carbocycles. The number of halogens is 4. The van der Waals surface area contributed by atoms with Crippen molar-refractivity contribution in [1.29, 1.82) is 0 Å². The van der Waals surface area contributed by atoms with Gasteiger partial charge in [0.2, 0.25) is 0 Å². The zero-order valence-corrected chi connectivity index (χ0v) is 14.4. The summed E-state index contributed by atoms with van der Waals surface area (Å²) in [6.07, 6.45) is -2.88. The second kappa shape index (κ2) is 7.41. The number of pyridine rings is 1. The van der Waals surface area contributed by atoms with Crippen LogP contribution in [-0.2, 0) is 6.18 Å². The smallest absolute Gasteiger partial charge is 0.353 e. The lowest BCUT2D eigenvalue weighted by Gasteiger charge is -2.35. The first kappa shape index (κ1) is 18.3. The van der Waals surface area contributed by atoms with Gasteiger partial charge in [-0.2, -0.15) is 13.2 Å². The third-order valence-corrected chi connectivity index (χ3v) is 4.39. The highest BCUT2D eigenvalue weighted by Gasteiger charge is 2.33. The predicted molar refractivity (Wildman–Crippen MR) is 93.5 cm³/mol. The van der Waals surface area contributed by atoms with Gasteiger partial charge < -0.3 is 15.1 Å². The molecule has 0 spiro atoms. The average molecular weight is 385 g/mol. The van der Waals surface area contributed by atoms with Crippen molar-refractivity contribution in [3.8, 4) is 0 Å². The van der Waals surface area contributed by atoms with E-state index in [-0.39, 0.29) is 5.69 Å². The van der Waals surface area contributed by atoms with Crippen molar-refractivity contribution in [3.63, 3.8) is 0 Å². The van der Waals surface area contributed by atoms with Gasteiger partial charge in [0.1, 0.15) is 5.82 Å². The fraction of sp³-hybridized carbons (Fsp3) is 0.294. The molecule has 0 bridgehead atoms. The molecule has 0 radical (unpaired) electrons. The number of alkyl halides is 3. The first-order valence-electron chi connectivity index (χ1n) is 7.93. The minimum Gasteiger partial charge on any atom is -0.353 e. The van der Waals surface area contributed by atoms with Gasteiger partial charge in [-0.1, -0.05) is 17.7 Å². The molecule has 1 saturated heterocycles. The zero-order valence-electron chi connectivity index (χ0n) is 13.6. The molecule has 1 fully saturated rings. The number of nitrogens with one attached hydrogen (secondary N) is 1. The van der Waals surface area contributed by atoms with Gasteiger partial charge in [-0.3, -0.25) is 0 Å². The average Bonchev–Trinajstić information content (AvgIpc) is 2.63. The van der Waals surface area contributed by atoms with E-state index in [4.69, 9.17) is 11.6 Å². The molecule has 1 aliphatic rings. The van der Waals surface area contributed by atoms with Gasteiger partial charge in [-0.25, -0.2) is 9.78 Å². The molecule has 0 atom stereocenters. The Morgan fingerprint density at radius 2 is 1.85 bits per heavy atom. The molecule has 2 aromatic rings. The number of carbonyl (C=O) groups excluding carboxylic acids is 1. The van der Waals surface area contributed by atoms with E-state index in [1.165, 1.54) is 6.07 Å². The van der Waals surface area contributed by atoms with E-state index in [9.17, 15) is 18.0 Å². The predicted octanol–water partition coefficient (Wildman–Crippen LogP) is 4.11. The van der Waals surface area contributed by atoms with Crippen LogP contribution >= 0.6 is 11.6 Å². The molecular weight excluding hydrogens is 369 g/mol. The molecule has 1 aliphatic heterocycles. The molecule has 2 heterocycles. The molecule has 1 aromatic heterocycles. The molecular formula is C17H16ClF3N4O. The summed E-state index contributed by atoms with van der Waals surface area (Å²) in [6.45, 7) is 2.09. The van der Waals surface area contributed by atoms with Crippen LogP contribution in [-0.4, -0.2) is 42.1 Å². The Kier molecular flexibility index (Phi) is 5.22. The molecule has 138 valence electrons. The highest BCUT2D eigenvalue weighted by atomic mass is 35.5. The number of piperazine rings is 1. The van der Waals surface area contributed by atoms with E-state index in [0.29, 0.717) is 26.2 Å². The third-order valence-electron chi connectivity index (χ3n) is 4.06. The van der Waals surface area contributed by atoms with Crippen LogP contribution in [0.15, 0.2) is 42.6 Å². The summed E-state index contributed by atoms with van der Waals surface area (Å²) in [6, 6.07) is 8.47. The van der Waals surface area contributed by atoms with Crippen LogP contribution < -0.4 is 10.2 Å². The SMILES string of the molecule is O=C(Nc1ccc(Cl)c(C(F)(F)F)c1)N1CCN(c2ccccn2)CC1. The van der Waals surface area contributed by atoms with E-state index in [1.54, 1.807) is 11.1 Å². The number of urea groups is 1. The summed E-state index contributed by atoms with van der Waals surface area (Å²) in [5.41, 5.74) is -0.921. The third kappa shape index (κ3) is 4.19. The Labute approximate surface area is 153 Å². The molecule has 5 nitrogen and oxygen atoms in total. The maximum Gasteiger partial charge on any atom is 0.417 e. The Morgan fingerprint density at radius 1 is 1.12 bits per heavy atom. The molecule has 26 heavy (non-hydrogen) atoms. The molecule has 0 unspecified atom stereocenters. The number of anilines is 2. The number of carbonyl (C=O) groups is 1. The summed E-state index contributed by atoms with van der Waals surface area (Å²) < 4.78 is 38.7. The van der Waals surface area contributed by atoms with Crippen LogP contribution in [0.25, 0.3) is 0 Å². The first-order chi connectivity index (χ1) is 12.3. The topological polar surface area (TPSA) is 48.5 Å². The quantitative estimate of drug-likeness (QED) is 0.847. The van der Waals surface area contributed by atoms with Crippen molar-refractivity contribution in [2.24, 2.45) is 0 Å². The normalized spacial score (nSPS) is 15.1. The van der Waals surface area contributed by atoms with Crippen LogP contribution in [0.5, 0.6) is 0 Å². The fourth-order valence-electron chi connectivity index (χ4n) is 2.70. The van der Waals surface area contributed by atoms with E-state index in [2.05, 4.69) is 10.3 Å².